The molecule has 0 bridgehead atoms. The summed E-state index contributed by atoms with van der Waals surface area (Å²) in [6.07, 6.45) is -1.98. The van der Waals surface area contributed by atoms with Crippen LogP contribution in [0.15, 0.2) is 47.4 Å². The number of anilines is 1. The molecule has 13 nitrogen and oxygen atoms in total. The van der Waals surface area contributed by atoms with Gasteiger partial charge in [0.1, 0.15) is 18.1 Å². The molecular formula is C27H36F2N5O8P. The molecule has 0 aliphatic carbocycles. The molecule has 1 aromatic heterocycles. The van der Waals surface area contributed by atoms with Gasteiger partial charge in [-0.2, -0.15) is 4.98 Å². The van der Waals surface area contributed by atoms with E-state index >= 15 is 8.78 Å². The van der Waals surface area contributed by atoms with Crippen molar-refractivity contribution in [3.63, 3.8) is 0 Å². The van der Waals surface area contributed by atoms with Gasteiger partial charge in [0.15, 0.2) is 0 Å². The molecule has 0 radical (unpaired) electrons. The minimum absolute atomic E-state index is 0.0539. The molecule has 0 spiro atoms. The van der Waals surface area contributed by atoms with Gasteiger partial charge in [-0.15, -0.1) is 0 Å². The van der Waals surface area contributed by atoms with E-state index in [9.17, 15) is 18.9 Å². The Hall–Kier alpha value is -3.23. The summed E-state index contributed by atoms with van der Waals surface area (Å²) in [7, 11) is -2.36. The zero-order valence-corrected chi connectivity index (χ0v) is 25.0. The highest BCUT2D eigenvalue weighted by atomic mass is 31.2. The summed E-state index contributed by atoms with van der Waals surface area (Å²) in [5.74, 6) is -4.73. The predicted molar refractivity (Wildman–Crippen MR) is 151 cm³/mol. The molecule has 3 heterocycles. The lowest BCUT2D eigenvalue weighted by molar-refractivity contribution is -0.146. The summed E-state index contributed by atoms with van der Waals surface area (Å²) >= 11 is 0. The van der Waals surface area contributed by atoms with Gasteiger partial charge in [-0.1, -0.05) is 18.2 Å². The van der Waals surface area contributed by atoms with Crippen molar-refractivity contribution >= 4 is 25.4 Å². The second-order valence-electron chi connectivity index (χ2n) is 10.7. The average Bonchev–Trinajstić information content (AvgIpc) is 3.25. The van der Waals surface area contributed by atoms with Crippen molar-refractivity contribution in [2.24, 2.45) is 5.92 Å². The lowest BCUT2D eigenvalue weighted by Crippen LogP contribution is -2.39. The van der Waals surface area contributed by atoms with E-state index in [0.717, 1.165) is 19.2 Å². The summed E-state index contributed by atoms with van der Waals surface area (Å²) in [5, 5.41) is 4.97. The van der Waals surface area contributed by atoms with Gasteiger partial charge >= 0.3 is 19.4 Å². The van der Waals surface area contributed by atoms with Crippen molar-refractivity contribution in [2.45, 2.75) is 57.5 Å². The zero-order valence-electron chi connectivity index (χ0n) is 24.1. The molecule has 2 aliphatic heterocycles. The SMILES string of the molecule is CC(C)OC(=O)CNP(=O)(OCC1CC(F)(F)C(n2ccc(NC(=O)C3CCCN(C)C3)nc2=O)O1)Oc1ccccc1. The van der Waals surface area contributed by atoms with Gasteiger partial charge in [0.2, 0.25) is 12.1 Å². The van der Waals surface area contributed by atoms with Crippen molar-refractivity contribution in [3.05, 3.63) is 53.1 Å². The van der Waals surface area contributed by atoms with E-state index in [1.54, 1.807) is 32.0 Å². The number of amides is 1. The van der Waals surface area contributed by atoms with Gasteiger partial charge in [0, 0.05) is 19.2 Å². The highest BCUT2D eigenvalue weighted by Crippen LogP contribution is 2.47. The molecule has 2 N–H and O–H groups in total. The summed E-state index contributed by atoms with van der Waals surface area (Å²) in [6.45, 7) is 3.59. The maximum absolute atomic E-state index is 15.0. The number of nitrogens with zero attached hydrogens (tertiary/aromatic N) is 3. The van der Waals surface area contributed by atoms with Crippen molar-refractivity contribution < 1.29 is 41.5 Å². The molecule has 1 aromatic carbocycles. The predicted octanol–water partition coefficient (Wildman–Crippen LogP) is 3.19. The van der Waals surface area contributed by atoms with E-state index in [0.29, 0.717) is 17.5 Å². The molecule has 236 valence electrons. The number of esters is 1. The number of likely N-dealkylation sites (tertiary alicyclic amines) is 1. The Labute approximate surface area is 247 Å². The molecule has 2 fully saturated rings. The van der Waals surface area contributed by atoms with Gasteiger partial charge in [-0.25, -0.2) is 23.2 Å². The van der Waals surface area contributed by atoms with Crippen molar-refractivity contribution in [3.8, 4) is 5.75 Å². The van der Waals surface area contributed by atoms with Crippen LogP contribution < -0.4 is 20.6 Å². The van der Waals surface area contributed by atoms with Gasteiger partial charge < -0.3 is 24.2 Å². The lowest BCUT2D eigenvalue weighted by atomic mass is 9.98. The number of para-hydroxylation sites is 1. The van der Waals surface area contributed by atoms with Gasteiger partial charge in [-0.3, -0.25) is 18.7 Å². The van der Waals surface area contributed by atoms with Gasteiger partial charge in [0.25, 0.3) is 5.92 Å². The molecular weight excluding hydrogens is 591 g/mol. The highest BCUT2D eigenvalue weighted by Gasteiger charge is 2.52. The maximum Gasteiger partial charge on any atom is 0.459 e. The molecule has 2 aliphatic rings. The van der Waals surface area contributed by atoms with Crippen molar-refractivity contribution in [1.82, 2.24) is 19.5 Å². The topological polar surface area (TPSA) is 150 Å². The average molecular weight is 628 g/mol. The summed E-state index contributed by atoms with van der Waals surface area (Å²) < 4.78 is 65.5. The summed E-state index contributed by atoms with van der Waals surface area (Å²) in [5.41, 5.74) is -1.05. The van der Waals surface area contributed by atoms with Crippen molar-refractivity contribution in [2.75, 3.05) is 38.6 Å². The third-order valence-corrected chi connectivity index (χ3v) is 8.18. The normalized spacial score (nSPS) is 23.4. The van der Waals surface area contributed by atoms with Gasteiger partial charge in [0.05, 0.1) is 24.7 Å². The van der Waals surface area contributed by atoms with E-state index in [2.05, 4.69) is 15.4 Å². The highest BCUT2D eigenvalue weighted by molar-refractivity contribution is 7.52. The minimum Gasteiger partial charge on any atom is -0.462 e. The number of carbonyl (C=O) groups excluding carboxylic acids is 2. The molecule has 16 heteroatoms. The molecule has 43 heavy (non-hydrogen) atoms. The van der Waals surface area contributed by atoms with Crippen molar-refractivity contribution in [1.29, 1.82) is 0 Å². The maximum atomic E-state index is 15.0. The molecule has 2 saturated heterocycles. The number of nitrogens with one attached hydrogen (secondary N) is 2. The molecule has 1 amide bonds. The minimum atomic E-state index is -4.27. The van der Waals surface area contributed by atoms with E-state index in [1.807, 2.05) is 11.9 Å². The van der Waals surface area contributed by atoms with E-state index in [1.165, 1.54) is 18.2 Å². The first-order valence-corrected chi connectivity index (χ1v) is 15.4. The Balaban J connectivity index is 1.40. The standard InChI is InChI=1S/C27H36F2N5O8P/c1-18(2)40-23(35)15-30-43(38,42-20-9-5-4-6-10-20)39-17-21-14-27(28,29)25(41-21)34-13-11-22(32-26(34)37)31-24(36)19-8-7-12-33(3)16-19/h4-6,9-11,13,18-19,21,25H,7-8,12,14-17H2,1-3H3,(H,30,38)(H,31,32,36,37). The van der Waals surface area contributed by atoms with Crippen LogP contribution >= 0.6 is 7.75 Å². The monoisotopic (exact) mass is 627 g/mol. The van der Waals surface area contributed by atoms with Gasteiger partial charge in [-0.05, 0) is 58.5 Å². The van der Waals surface area contributed by atoms with E-state index in [4.69, 9.17) is 18.5 Å². The number of benzene rings is 1. The van der Waals surface area contributed by atoms with Crippen LogP contribution in [0.25, 0.3) is 0 Å². The number of hydrogen-bond acceptors (Lipinski definition) is 10. The fourth-order valence-electron chi connectivity index (χ4n) is 4.74. The summed E-state index contributed by atoms with van der Waals surface area (Å²) in [6, 6.07) is 9.19. The van der Waals surface area contributed by atoms with Crippen LogP contribution in [0.1, 0.15) is 39.3 Å². The Morgan fingerprint density at radius 3 is 2.65 bits per heavy atom. The Morgan fingerprint density at radius 2 is 1.98 bits per heavy atom. The number of ether oxygens (including phenoxy) is 2. The quantitative estimate of drug-likeness (QED) is 0.264. The number of rotatable bonds is 12. The zero-order chi connectivity index (χ0) is 31.2. The third kappa shape index (κ3) is 9.13. The van der Waals surface area contributed by atoms with Crippen LogP contribution in [0.5, 0.6) is 5.75 Å². The van der Waals surface area contributed by atoms with Crippen LogP contribution in [-0.2, 0) is 28.2 Å². The van der Waals surface area contributed by atoms with E-state index < -0.39 is 63.3 Å². The van der Waals surface area contributed by atoms with E-state index in [-0.39, 0.29) is 23.4 Å². The fourth-order valence-corrected chi connectivity index (χ4v) is 6.04. The fraction of sp³-hybridized carbons (Fsp3) is 0.556. The number of alkyl halides is 2. The number of carbonyl (C=O) groups is 2. The number of halogens is 2. The Kier molecular flexibility index (Phi) is 10.7. The first-order chi connectivity index (χ1) is 20.3. The molecule has 4 atom stereocenters. The first kappa shape index (κ1) is 32.7. The van der Waals surface area contributed by atoms with Crippen LogP contribution in [0, 0.1) is 5.92 Å². The summed E-state index contributed by atoms with van der Waals surface area (Å²) in [4.78, 5) is 43.1. The second kappa shape index (κ2) is 14.0. The van der Waals surface area contributed by atoms with Crippen LogP contribution in [0.2, 0.25) is 0 Å². The number of aromatic nitrogens is 2. The smallest absolute Gasteiger partial charge is 0.459 e. The number of piperidine rings is 1. The van der Waals surface area contributed by atoms with Crippen LogP contribution in [-0.4, -0.2) is 77.7 Å². The molecule has 4 rings (SSSR count). The van der Waals surface area contributed by atoms with Crippen LogP contribution in [0.4, 0.5) is 14.6 Å². The molecule has 4 unspecified atom stereocenters. The first-order valence-electron chi connectivity index (χ1n) is 13.9. The van der Waals surface area contributed by atoms with Crippen LogP contribution in [0.3, 0.4) is 0 Å². The molecule has 2 aromatic rings. The largest absolute Gasteiger partial charge is 0.462 e. The number of hydrogen-bond donors (Lipinski definition) is 2. The second-order valence-corrected chi connectivity index (χ2v) is 12.5. The third-order valence-electron chi connectivity index (χ3n) is 6.70. The Morgan fingerprint density at radius 1 is 1.23 bits per heavy atom. The Bertz CT molecular complexity index is 1380. The molecule has 0 saturated carbocycles. The lowest BCUT2D eigenvalue weighted by Gasteiger charge is -2.28.